The molecule has 1 aliphatic rings. The molecule has 0 saturated heterocycles. The number of nitrogens with two attached hydrogens (primary N) is 1. The lowest BCUT2D eigenvalue weighted by atomic mass is 9.76. The van der Waals surface area contributed by atoms with Crippen LogP contribution >= 0.6 is 0 Å². The maximum atomic E-state index is 12.1. The standard InChI is InChI=1S/C14H28N2O/c1-4-6-12(3)13(17)16-14(10-15)8-5-7-11(2)9-14/h11-12H,4-10,15H2,1-3H3,(H,16,17). The topological polar surface area (TPSA) is 55.1 Å². The second-order valence-corrected chi connectivity index (χ2v) is 5.86. The van der Waals surface area contributed by atoms with Crippen molar-refractivity contribution in [1.29, 1.82) is 0 Å². The number of carbonyl (C=O) groups is 1. The first-order chi connectivity index (χ1) is 8.03. The number of rotatable bonds is 5. The van der Waals surface area contributed by atoms with Crippen LogP contribution in [0.2, 0.25) is 0 Å². The van der Waals surface area contributed by atoms with Gasteiger partial charge < -0.3 is 11.1 Å². The second-order valence-electron chi connectivity index (χ2n) is 5.86. The molecule has 100 valence electrons. The number of hydrogen-bond acceptors (Lipinski definition) is 2. The highest BCUT2D eigenvalue weighted by Crippen LogP contribution is 2.31. The molecule has 0 spiro atoms. The molecule has 3 heteroatoms. The summed E-state index contributed by atoms with van der Waals surface area (Å²) >= 11 is 0. The molecule has 0 heterocycles. The summed E-state index contributed by atoms with van der Waals surface area (Å²) in [6.07, 6.45) is 6.54. The predicted octanol–water partition coefficient (Wildman–Crippen LogP) is 2.45. The third kappa shape index (κ3) is 3.98. The van der Waals surface area contributed by atoms with Crippen molar-refractivity contribution < 1.29 is 4.79 Å². The lowest BCUT2D eigenvalue weighted by molar-refractivity contribution is -0.127. The molecule has 1 fully saturated rings. The van der Waals surface area contributed by atoms with Crippen LogP contribution in [0.25, 0.3) is 0 Å². The van der Waals surface area contributed by atoms with Gasteiger partial charge in [0, 0.05) is 12.5 Å². The number of amides is 1. The van der Waals surface area contributed by atoms with E-state index in [2.05, 4.69) is 19.2 Å². The van der Waals surface area contributed by atoms with Gasteiger partial charge in [0.15, 0.2) is 0 Å². The molecular formula is C14H28N2O. The van der Waals surface area contributed by atoms with Crippen molar-refractivity contribution in [2.45, 2.75) is 64.8 Å². The highest BCUT2D eigenvalue weighted by atomic mass is 16.2. The summed E-state index contributed by atoms with van der Waals surface area (Å²) in [6, 6.07) is 0. The van der Waals surface area contributed by atoms with Gasteiger partial charge in [0.2, 0.25) is 5.91 Å². The Hall–Kier alpha value is -0.570. The first-order valence-corrected chi connectivity index (χ1v) is 7.05. The smallest absolute Gasteiger partial charge is 0.223 e. The molecule has 0 radical (unpaired) electrons. The summed E-state index contributed by atoms with van der Waals surface area (Å²) < 4.78 is 0. The number of nitrogens with one attached hydrogen (secondary N) is 1. The minimum atomic E-state index is -0.128. The summed E-state index contributed by atoms with van der Waals surface area (Å²) in [7, 11) is 0. The van der Waals surface area contributed by atoms with Gasteiger partial charge in [-0.2, -0.15) is 0 Å². The number of hydrogen-bond donors (Lipinski definition) is 2. The summed E-state index contributed by atoms with van der Waals surface area (Å²) in [5, 5.41) is 3.23. The van der Waals surface area contributed by atoms with E-state index >= 15 is 0 Å². The lowest BCUT2D eigenvalue weighted by Gasteiger charge is -2.40. The van der Waals surface area contributed by atoms with Gasteiger partial charge in [0.05, 0.1) is 5.54 Å². The summed E-state index contributed by atoms with van der Waals surface area (Å²) in [5.41, 5.74) is 5.78. The third-order valence-corrected chi connectivity index (χ3v) is 4.04. The third-order valence-electron chi connectivity index (χ3n) is 4.04. The molecular weight excluding hydrogens is 212 g/mol. The van der Waals surface area contributed by atoms with E-state index in [-0.39, 0.29) is 17.4 Å². The van der Waals surface area contributed by atoms with Crippen molar-refractivity contribution in [3.05, 3.63) is 0 Å². The zero-order chi connectivity index (χ0) is 12.9. The Bertz CT molecular complexity index is 255. The van der Waals surface area contributed by atoms with Gasteiger partial charge in [-0.05, 0) is 25.2 Å². The van der Waals surface area contributed by atoms with Crippen LogP contribution in [0.1, 0.15) is 59.3 Å². The fraction of sp³-hybridized carbons (Fsp3) is 0.929. The zero-order valence-electron chi connectivity index (χ0n) is 11.6. The summed E-state index contributed by atoms with van der Waals surface area (Å²) in [4.78, 5) is 12.1. The van der Waals surface area contributed by atoms with E-state index in [0.717, 1.165) is 25.7 Å². The molecule has 17 heavy (non-hydrogen) atoms. The molecule has 1 aliphatic carbocycles. The molecule has 1 amide bonds. The van der Waals surface area contributed by atoms with Gasteiger partial charge >= 0.3 is 0 Å². The van der Waals surface area contributed by atoms with E-state index in [1.165, 1.54) is 12.8 Å². The van der Waals surface area contributed by atoms with Crippen molar-refractivity contribution in [3.8, 4) is 0 Å². The van der Waals surface area contributed by atoms with Gasteiger partial charge in [-0.25, -0.2) is 0 Å². The number of carbonyl (C=O) groups excluding carboxylic acids is 1. The van der Waals surface area contributed by atoms with E-state index in [0.29, 0.717) is 12.5 Å². The average Bonchev–Trinajstić information content (AvgIpc) is 2.29. The molecule has 0 aromatic heterocycles. The minimum absolute atomic E-state index is 0.112. The molecule has 1 saturated carbocycles. The lowest BCUT2D eigenvalue weighted by Crippen LogP contribution is -2.57. The van der Waals surface area contributed by atoms with E-state index in [1.54, 1.807) is 0 Å². The van der Waals surface area contributed by atoms with E-state index in [9.17, 15) is 4.79 Å². The van der Waals surface area contributed by atoms with Crippen LogP contribution in [-0.4, -0.2) is 18.0 Å². The van der Waals surface area contributed by atoms with Crippen molar-refractivity contribution >= 4 is 5.91 Å². The van der Waals surface area contributed by atoms with Gasteiger partial charge in [-0.3, -0.25) is 4.79 Å². The molecule has 0 aromatic carbocycles. The molecule has 3 N–H and O–H groups in total. The molecule has 0 aromatic rings. The van der Waals surface area contributed by atoms with Gasteiger partial charge in [0.25, 0.3) is 0 Å². The fourth-order valence-corrected chi connectivity index (χ4v) is 2.96. The van der Waals surface area contributed by atoms with Crippen LogP contribution in [0.5, 0.6) is 0 Å². The Kier molecular flexibility index (Phi) is 5.44. The first kappa shape index (κ1) is 14.5. The molecule has 3 atom stereocenters. The molecule has 3 unspecified atom stereocenters. The highest BCUT2D eigenvalue weighted by Gasteiger charge is 2.35. The molecule has 1 rings (SSSR count). The van der Waals surface area contributed by atoms with Crippen LogP contribution < -0.4 is 11.1 Å². The van der Waals surface area contributed by atoms with E-state index < -0.39 is 0 Å². The van der Waals surface area contributed by atoms with Crippen LogP contribution in [0.4, 0.5) is 0 Å². The maximum absolute atomic E-state index is 12.1. The van der Waals surface area contributed by atoms with E-state index in [4.69, 9.17) is 5.73 Å². The van der Waals surface area contributed by atoms with Crippen LogP contribution in [0.15, 0.2) is 0 Å². The van der Waals surface area contributed by atoms with Gasteiger partial charge in [-0.1, -0.05) is 40.0 Å². The minimum Gasteiger partial charge on any atom is -0.349 e. The highest BCUT2D eigenvalue weighted by molar-refractivity contribution is 5.79. The fourth-order valence-electron chi connectivity index (χ4n) is 2.96. The quantitative estimate of drug-likeness (QED) is 0.775. The molecule has 0 bridgehead atoms. The van der Waals surface area contributed by atoms with Gasteiger partial charge in [-0.15, -0.1) is 0 Å². The van der Waals surface area contributed by atoms with E-state index in [1.807, 2.05) is 6.92 Å². The first-order valence-electron chi connectivity index (χ1n) is 7.05. The normalized spacial score (nSPS) is 30.9. The largest absolute Gasteiger partial charge is 0.349 e. The van der Waals surface area contributed by atoms with Crippen molar-refractivity contribution in [1.82, 2.24) is 5.32 Å². The monoisotopic (exact) mass is 240 g/mol. The Labute approximate surface area is 106 Å². The zero-order valence-corrected chi connectivity index (χ0v) is 11.6. The average molecular weight is 240 g/mol. The van der Waals surface area contributed by atoms with Crippen molar-refractivity contribution in [3.63, 3.8) is 0 Å². The Morgan fingerprint density at radius 2 is 2.29 bits per heavy atom. The van der Waals surface area contributed by atoms with Crippen molar-refractivity contribution in [2.75, 3.05) is 6.54 Å². The Balaban J connectivity index is 2.58. The SMILES string of the molecule is CCCC(C)C(=O)NC1(CN)CCCC(C)C1. The van der Waals surface area contributed by atoms with Crippen LogP contribution in [-0.2, 0) is 4.79 Å². The van der Waals surface area contributed by atoms with Crippen LogP contribution in [0, 0.1) is 11.8 Å². The van der Waals surface area contributed by atoms with Gasteiger partial charge in [0.1, 0.15) is 0 Å². The Morgan fingerprint density at radius 3 is 2.82 bits per heavy atom. The second kappa shape index (κ2) is 6.39. The maximum Gasteiger partial charge on any atom is 0.223 e. The molecule has 3 nitrogen and oxygen atoms in total. The Morgan fingerprint density at radius 1 is 1.59 bits per heavy atom. The summed E-state index contributed by atoms with van der Waals surface area (Å²) in [6.45, 7) is 6.95. The van der Waals surface area contributed by atoms with Crippen molar-refractivity contribution in [2.24, 2.45) is 17.6 Å². The molecule has 0 aliphatic heterocycles. The summed E-state index contributed by atoms with van der Waals surface area (Å²) in [5.74, 6) is 0.973. The van der Waals surface area contributed by atoms with Crippen LogP contribution in [0.3, 0.4) is 0 Å². The predicted molar refractivity (Wildman–Crippen MR) is 71.6 cm³/mol.